The Morgan fingerprint density at radius 1 is 1.23 bits per heavy atom. The lowest BCUT2D eigenvalue weighted by Gasteiger charge is -2.14. The Morgan fingerprint density at radius 2 is 1.81 bits per heavy atom. The molecule has 0 saturated heterocycles. The van der Waals surface area contributed by atoms with Gasteiger partial charge in [-0.2, -0.15) is 0 Å². The Hall–Kier alpha value is -2.07. The molecule has 1 rings (SSSR count). The molecule has 5 heteroatoms. The van der Waals surface area contributed by atoms with E-state index in [2.05, 4.69) is 5.73 Å². The van der Waals surface area contributed by atoms with Crippen molar-refractivity contribution >= 4 is 5.97 Å². The topological polar surface area (TPSA) is 87.0 Å². The number of aryl methyl sites for hydroxylation is 2. The number of aromatic hydroxyl groups is 1. The first-order valence-corrected chi connectivity index (χ1v) is 8.94. The predicted molar refractivity (Wildman–Crippen MR) is 101 cm³/mol. The molecule has 0 amide bonds. The van der Waals surface area contributed by atoms with Crippen LogP contribution in [-0.2, 0) is 9.53 Å². The molecule has 0 unspecified atom stereocenters. The summed E-state index contributed by atoms with van der Waals surface area (Å²) in [5.74, 6) is -0.292. The van der Waals surface area contributed by atoms with Crippen molar-refractivity contribution in [1.82, 2.24) is 0 Å². The maximum absolute atomic E-state index is 11.6. The van der Waals surface area contributed by atoms with Gasteiger partial charge in [-0.3, -0.25) is 0 Å². The summed E-state index contributed by atoms with van der Waals surface area (Å²) < 4.78 is 4.82. The molecular formula is C21H30O5. The van der Waals surface area contributed by atoms with Crippen molar-refractivity contribution in [3.63, 3.8) is 0 Å². The maximum Gasteiger partial charge on any atom is 0.335 e. The molecule has 0 bridgehead atoms. The van der Waals surface area contributed by atoms with E-state index in [4.69, 9.17) is 4.74 Å². The number of ether oxygens (including phenoxy) is 1. The minimum atomic E-state index is -1.21. The van der Waals surface area contributed by atoms with Gasteiger partial charge in [0.1, 0.15) is 5.75 Å². The molecule has 0 fully saturated rings. The molecule has 5 nitrogen and oxygen atoms in total. The number of aliphatic hydroxyl groups is 2. The first-order chi connectivity index (χ1) is 12.2. The zero-order valence-electron chi connectivity index (χ0n) is 16.2. The van der Waals surface area contributed by atoms with Crippen LogP contribution in [0.5, 0.6) is 5.75 Å². The lowest BCUT2D eigenvalue weighted by atomic mass is 9.97. The highest BCUT2D eigenvalue weighted by Gasteiger charge is 2.19. The minimum Gasteiger partial charge on any atom is -0.507 e. The molecule has 0 radical (unpaired) electrons. The lowest BCUT2D eigenvalue weighted by molar-refractivity contribution is -0.152. The van der Waals surface area contributed by atoms with Gasteiger partial charge in [-0.05, 0) is 67.2 Å². The van der Waals surface area contributed by atoms with E-state index in [1.54, 1.807) is 39.0 Å². The number of rotatable bonds is 8. The zero-order chi connectivity index (χ0) is 19.9. The van der Waals surface area contributed by atoms with Crippen LogP contribution in [0.1, 0.15) is 56.4 Å². The predicted octanol–water partition coefficient (Wildman–Crippen LogP) is 3.48. The molecule has 0 spiro atoms. The Labute approximate surface area is 155 Å². The van der Waals surface area contributed by atoms with Crippen molar-refractivity contribution in [2.75, 3.05) is 6.61 Å². The van der Waals surface area contributed by atoms with Gasteiger partial charge < -0.3 is 20.1 Å². The number of carbonyl (C=O) groups is 1. The maximum atomic E-state index is 11.6. The number of carbonyl (C=O) groups excluding carboxylic acids is 1. The molecule has 0 saturated carbocycles. The molecule has 1 aromatic carbocycles. The number of hydrogen-bond donors (Lipinski definition) is 3. The fourth-order valence-electron chi connectivity index (χ4n) is 2.61. The average Bonchev–Trinajstić information content (AvgIpc) is 2.57. The lowest BCUT2D eigenvalue weighted by Crippen LogP contribution is -2.24. The highest BCUT2D eigenvalue weighted by molar-refractivity contribution is 5.74. The van der Waals surface area contributed by atoms with Crippen LogP contribution in [-0.4, -0.2) is 34.0 Å². The Kier molecular flexibility index (Phi) is 8.59. The molecule has 2 atom stereocenters. The third kappa shape index (κ3) is 6.34. The van der Waals surface area contributed by atoms with E-state index >= 15 is 0 Å². The summed E-state index contributed by atoms with van der Waals surface area (Å²) in [7, 11) is 0. The van der Waals surface area contributed by atoms with Crippen LogP contribution in [0.3, 0.4) is 0 Å². The first kappa shape index (κ1) is 22.0. The van der Waals surface area contributed by atoms with Crippen LogP contribution in [0.2, 0.25) is 0 Å². The zero-order valence-corrected chi connectivity index (χ0v) is 16.2. The van der Waals surface area contributed by atoms with Crippen LogP contribution in [0.4, 0.5) is 0 Å². The average molecular weight is 362 g/mol. The van der Waals surface area contributed by atoms with Gasteiger partial charge in [0.05, 0.1) is 12.7 Å². The monoisotopic (exact) mass is 362 g/mol. The second kappa shape index (κ2) is 10.2. The summed E-state index contributed by atoms with van der Waals surface area (Å²) in [6.45, 7) is 9.42. The van der Waals surface area contributed by atoms with Gasteiger partial charge in [0.2, 0.25) is 0 Å². The third-order valence-electron chi connectivity index (χ3n) is 4.20. The molecular weight excluding hydrogens is 332 g/mol. The third-order valence-corrected chi connectivity index (χ3v) is 4.20. The Bertz CT molecular complexity index is 661. The molecule has 0 aliphatic rings. The van der Waals surface area contributed by atoms with E-state index in [1.807, 2.05) is 13.8 Å². The van der Waals surface area contributed by atoms with Crippen molar-refractivity contribution < 1.29 is 24.9 Å². The van der Waals surface area contributed by atoms with E-state index in [0.29, 0.717) is 6.42 Å². The van der Waals surface area contributed by atoms with Gasteiger partial charge >= 0.3 is 5.97 Å². The number of benzene rings is 1. The highest BCUT2D eigenvalue weighted by atomic mass is 16.5. The van der Waals surface area contributed by atoms with Gasteiger partial charge in [0.25, 0.3) is 0 Å². The number of phenolic OH excluding ortho intramolecular Hbond substituents is 1. The van der Waals surface area contributed by atoms with Crippen LogP contribution in [0.25, 0.3) is 0 Å². The van der Waals surface area contributed by atoms with Crippen molar-refractivity contribution in [3.05, 3.63) is 46.2 Å². The number of phenols is 1. The van der Waals surface area contributed by atoms with Crippen LogP contribution in [0, 0.1) is 19.8 Å². The molecule has 1 aromatic rings. The van der Waals surface area contributed by atoms with E-state index in [-0.39, 0.29) is 24.7 Å². The molecule has 144 valence electrons. The smallest absolute Gasteiger partial charge is 0.335 e. The van der Waals surface area contributed by atoms with Crippen molar-refractivity contribution in [2.45, 2.75) is 59.7 Å². The SMILES string of the molecule is CCOC(=O)[C@H](O)CC(=C=CC[C@@H](O)c1cc(C)c(O)c(C)c1)C(C)C. The number of esters is 1. The van der Waals surface area contributed by atoms with Gasteiger partial charge in [0, 0.05) is 12.8 Å². The minimum absolute atomic E-state index is 0.102. The van der Waals surface area contributed by atoms with Gasteiger partial charge in [-0.1, -0.05) is 13.8 Å². The molecule has 3 N–H and O–H groups in total. The van der Waals surface area contributed by atoms with Crippen LogP contribution in [0.15, 0.2) is 29.5 Å². The van der Waals surface area contributed by atoms with Crippen LogP contribution >= 0.6 is 0 Å². The Balaban J connectivity index is 2.87. The second-order valence-corrected chi connectivity index (χ2v) is 6.76. The standard InChI is InChI=1S/C21H30O5/c1-6-26-21(25)19(23)12-16(13(2)3)8-7-9-18(22)17-10-14(4)20(24)15(5)11-17/h7,10-11,13,18-19,22-24H,6,9,12H2,1-5H3/t8?,18-,19-/m1/s1. The number of hydrogen-bond acceptors (Lipinski definition) is 5. The van der Waals surface area contributed by atoms with Gasteiger partial charge in [-0.25, -0.2) is 4.79 Å². The van der Waals surface area contributed by atoms with E-state index in [0.717, 1.165) is 22.3 Å². The van der Waals surface area contributed by atoms with E-state index in [9.17, 15) is 20.1 Å². The number of aliphatic hydroxyl groups excluding tert-OH is 2. The van der Waals surface area contributed by atoms with Gasteiger partial charge in [-0.15, -0.1) is 5.73 Å². The quantitative estimate of drug-likeness (QED) is 0.487. The Morgan fingerprint density at radius 3 is 2.31 bits per heavy atom. The molecule has 0 aromatic heterocycles. The summed E-state index contributed by atoms with van der Waals surface area (Å²) in [6.07, 6.45) is 0.287. The molecule has 26 heavy (non-hydrogen) atoms. The van der Waals surface area contributed by atoms with Crippen LogP contribution < -0.4 is 0 Å². The molecule has 0 heterocycles. The summed E-state index contributed by atoms with van der Waals surface area (Å²) in [5, 5.41) is 30.1. The molecule has 0 aliphatic carbocycles. The molecule has 0 aliphatic heterocycles. The highest BCUT2D eigenvalue weighted by Crippen LogP contribution is 2.27. The summed E-state index contributed by atoms with van der Waals surface area (Å²) in [4.78, 5) is 11.6. The van der Waals surface area contributed by atoms with E-state index in [1.165, 1.54) is 0 Å². The summed E-state index contributed by atoms with van der Waals surface area (Å²) in [5.41, 5.74) is 6.06. The largest absolute Gasteiger partial charge is 0.507 e. The van der Waals surface area contributed by atoms with Crippen molar-refractivity contribution in [2.24, 2.45) is 5.92 Å². The first-order valence-electron chi connectivity index (χ1n) is 8.94. The van der Waals surface area contributed by atoms with Crippen molar-refractivity contribution in [3.8, 4) is 5.75 Å². The van der Waals surface area contributed by atoms with E-state index < -0.39 is 18.2 Å². The van der Waals surface area contributed by atoms with Crippen molar-refractivity contribution in [1.29, 1.82) is 0 Å². The summed E-state index contributed by atoms with van der Waals surface area (Å²) >= 11 is 0. The fraction of sp³-hybridized carbons (Fsp3) is 0.524. The summed E-state index contributed by atoms with van der Waals surface area (Å²) in [6, 6.07) is 3.52. The van der Waals surface area contributed by atoms with Gasteiger partial charge in [0.15, 0.2) is 6.10 Å². The second-order valence-electron chi connectivity index (χ2n) is 6.76. The fourth-order valence-corrected chi connectivity index (χ4v) is 2.61. The normalized spacial score (nSPS) is 13.1.